The molecule has 0 aromatic heterocycles. The molecule has 0 rings (SSSR count). The van der Waals surface area contributed by atoms with Crippen molar-refractivity contribution in [3.8, 4) is 0 Å². The molecule has 682 valence electrons. The summed E-state index contributed by atoms with van der Waals surface area (Å²) < 4.78 is 39.1. The van der Waals surface area contributed by atoms with E-state index in [0.29, 0.717) is 104 Å². The van der Waals surface area contributed by atoms with E-state index in [9.17, 15) is 76.7 Å². The SMILES string of the molecule is C=CC(=O)N(C)CCC(=O)OC.C=CC(=O)N(C)CCC(=O)OC(C)C.C=CC(=O)N(C)CCC(=O)OCC.C=CC(=O)N(C)CCC(=O)OCC(C)C.C=CC(=O)N(C)CCC(=O)OCC(CC)CCCC.C=CC(=O)N(C)CCC(=O)OCCC.C=CC(=O)N(C)CCC(=O)OCCCC.C=CC(=O)N(C)CCC(=O)OCCCCCC. The Balaban J connectivity index is -0.000000198. The summed E-state index contributed by atoms with van der Waals surface area (Å²) in [5, 5.41) is 0. The summed E-state index contributed by atoms with van der Waals surface area (Å²) in [4.78, 5) is 189. The lowest BCUT2D eigenvalue weighted by Crippen LogP contribution is -2.28. The molecule has 0 heterocycles. The molecule has 0 saturated carbocycles. The van der Waals surface area contributed by atoms with Gasteiger partial charge >= 0.3 is 47.8 Å². The van der Waals surface area contributed by atoms with Crippen LogP contribution in [0.15, 0.2) is 101 Å². The van der Waals surface area contributed by atoms with E-state index in [2.05, 4.69) is 78.1 Å². The van der Waals surface area contributed by atoms with Crippen LogP contribution in [0, 0.1) is 11.8 Å². The van der Waals surface area contributed by atoms with E-state index in [1.807, 2.05) is 27.7 Å². The highest BCUT2D eigenvalue weighted by Gasteiger charge is 2.17. The molecule has 0 aromatic rings. The summed E-state index contributed by atoms with van der Waals surface area (Å²) in [7, 11) is 14.3. The lowest BCUT2D eigenvalue weighted by Gasteiger charge is -2.16. The Morgan fingerprint density at radius 3 is 0.782 bits per heavy atom. The fraction of sp³-hybridized carbons (Fsp3) is 0.632. The number of hydrogen-bond acceptors (Lipinski definition) is 24. The maximum absolute atomic E-state index is 11.6. The molecule has 0 fully saturated rings. The Labute approximate surface area is 711 Å². The summed E-state index contributed by atoms with van der Waals surface area (Å²) in [6.45, 7) is 52.1. The average Bonchev–Trinajstić information content (AvgIpc) is 1.02. The Hall–Kier alpha value is -10.6. The number of methoxy groups -OCH3 is 1. The van der Waals surface area contributed by atoms with Gasteiger partial charge in [-0.1, -0.05) is 146 Å². The van der Waals surface area contributed by atoms with Gasteiger partial charge in [-0.2, -0.15) is 0 Å². The highest BCUT2D eigenvalue weighted by molar-refractivity contribution is 5.90. The second-order valence-electron chi connectivity index (χ2n) is 26.9. The van der Waals surface area contributed by atoms with Gasteiger partial charge in [0.1, 0.15) is 0 Å². The van der Waals surface area contributed by atoms with Crippen LogP contribution < -0.4 is 0 Å². The number of rotatable bonds is 52. The largest absolute Gasteiger partial charge is 0.469 e. The Bertz CT molecular complexity index is 2990. The lowest BCUT2D eigenvalue weighted by atomic mass is 10.0. The number of unbranched alkanes of at least 4 members (excludes halogenated alkanes) is 5. The number of carbonyl (C=O) groups is 16. The first-order chi connectivity index (χ1) is 56.0. The van der Waals surface area contributed by atoms with Gasteiger partial charge in [-0.05, 0) is 107 Å². The van der Waals surface area contributed by atoms with Crippen molar-refractivity contribution in [2.24, 2.45) is 11.8 Å². The van der Waals surface area contributed by atoms with Gasteiger partial charge in [0, 0.05) is 109 Å². The van der Waals surface area contributed by atoms with Crippen LogP contribution in [-0.2, 0) is 115 Å². The highest BCUT2D eigenvalue weighted by atomic mass is 16.6. The predicted molar refractivity (Wildman–Crippen MR) is 462 cm³/mol. The van der Waals surface area contributed by atoms with Crippen LogP contribution >= 0.6 is 0 Å². The van der Waals surface area contributed by atoms with Gasteiger partial charge in [-0.15, -0.1) is 0 Å². The summed E-state index contributed by atoms with van der Waals surface area (Å²) >= 11 is 0. The van der Waals surface area contributed by atoms with Crippen molar-refractivity contribution in [2.75, 3.05) is 155 Å². The third-order valence-corrected chi connectivity index (χ3v) is 15.6. The maximum Gasteiger partial charge on any atom is 0.307 e. The Morgan fingerprint density at radius 1 is 0.286 bits per heavy atom. The second kappa shape index (κ2) is 85.3. The fourth-order valence-electron chi connectivity index (χ4n) is 7.85. The first-order valence-corrected chi connectivity index (χ1v) is 40.3. The van der Waals surface area contributed by atoms with Gasteiger partial charge in [0.15, 0.2) is 0 Å². The van der Waals surface area contributed by atoms with Crippen molar-refractivity contribution in [3.63, 3.8) is 0 Å². The van der Waals surface area contributed by atoms with Crippen LogP contribution in [0.2, 0.25) is 0 Å². The lowest BCUT2D eigenvalue weighted by molar-refractivity contribution is -0.148. The van der Waals surface area contributed by atoms with E-state index in [-0.39, 0.29) is 152 Å². The summed E-state index contributed by atoms with van der Waals surface area (Å²) in [5.41, 5.74) is 0. The van der Waals surface area contributed by atoms with Crippen molar-refractivity contribution in [1.29, 1.82) is 0 Å². The van der Waals surface area contributed by atoms with Gasteiger partial charge in [0.25, 0.3) is 0 Å². The average molecular weight is 1690 g/mol. The van der Waals surface area contributed by atoms with Crippen molar-refractivity contribution in [3.05, 3.63) is 101 Å². The monoisotopic (exact) mass is 1690 g/mol. The third kappa shape index (κ3) is 85.1. The molecule has 0 spiro atoms. The minimum absolute atomic E-state index is 0.108. The third-order valence-electron chi connectivity index (χ3n) is 15.6. The first kappa shape index (κ1) is 124. The zero-order valence-corrected chi connectivity index (χ0v) is 75.7. The number of hydrogen-bond donors (Lipinski definition) is 0. The van der Waals surface area contributed by atoms with E-state index in [4.69, 9.17) is 33.2 Å². The molecular formula is C87H150N8O24. The quantitative estimate of drug-likeness (QED) is 0.0236. The number of likely N-dealkylation sites (N-methyl/N-ethyl adjacent to an activating group) is 8. The van der Waals surface area contributed by atoms with Crippen molar-refractivity contribution in [1.82, 2.24) is 39.2 Å². The summed E-state index contributed by atoms with van der Waals surface area (Å²) in [5.74, 6) is -2.88. The molecule has 0 radical (unpaired) electrons. The molecule has 8 amide bonds. The second-order valence-corrected chi connectivity index (χ2v) is 26.9. The van der Waals surface area contributed by atoms with E-state index < -0.39 is 0 Å². The molecular weight excluding hydrogens is 1540 g/mol. The molecule has 32 heteroatoms. The molecule has 32 nitrogen and oxygen atoms in total. The minimum atomic E-state index is -0.321. The van der Waals surface area contributed by atoms with Crippen LogP contribution in [0.4, 0.5) is 0 Å². The smallest absolute Gasteiger partial charge is 0.307 e. The van der Waals surface area contributed by atoms with Crippen molar-refractivity contribution < 1.29 is 115 Å². The summed E-state index contributed by atoms with van der Waals surface area (Å²) in [6, 6.07) is 0. The van der Waals surface area contributed by atoms with Gasteiger partial charge in [0.05, 0.1) is 104 Å². The van der Waals surface area contributed by atoms with Gasteiger partial charge < -0.3 is 77.1 Å². The van der Waals surface area contributed by atoms with Crippen LogP contribution in [-0.4, -0.2) is 296 Å². The molecule has 1 unspecified atom stereocenters. The number of amides is 8. The fourth-order valence-corrected chi connectivity index (χ4v) is 7.85. The summed E-state index contributed by atoms with van der Waals surface area (Å²) in [6.07, 6.45) is 23.0. The highest BCUT2D eigenvalue weighted by Crippen LogP contribution is 2.13. The van der Waals surface area contributed by atoms with E-state index in [1.165, 1.54) is 121 Å². The van der Waals surface area contributed by atoms with Crippen LogP contribution in [0.3, 0.4) is 0 Å². The number of ether oxygens (including phenoxy) is 8. The predicted octanol–water partition coefficient (Wildman–Crippen LogP) is 10.2. The van der Waals surface area contributed by atoms with E-state index >= 15 is 0 Å². The molecule has 0 bridgehead atoms. The number of carbonyl (C=O) groups excluding carboxylic acids is 16. The van der Waals surface area contributed by atoms with Crippen LogP contribution in [0.1, 0.15) is 191 Å². The Kier molecular flexibility index (Phi) is 89.0. The van der Waals surface area contributed by atoms with E-state index in [1.54, 1.807) is 77.2 Å². The van der Waals surface area contributed by atoms with Crippen molar-refractivity contribution >= 4 is 95.0 Å². The minimum Gasteiger partial charge on any atom is -0.469 e. The zero-order chi connectivity index (χ0) is 93.2. The number of nitrogens with zero attached hydrogens (tertiary/aromatic N) is 8. The van der Waals surface area contributed by atoms with Gasteiger partial charge in [-0.3, -0.25) is 76.7 Å². The molecule has 0 aromatic carbocycles. The van der Waals surface area contributed by atoms with Crippen LogP contribution in [0.25, 0.3) is 0 Å². The molecule has 0 aliphatic carbocycles. The topological polar surface area (TPSA) is 373 Å². The molecule has 1 atom stereocenters. The molecule has 0 aliphatic heterocycles. The molecule has 0 aliphatic rings. The van der Waals surface area contributed by atoms with E-state index in [0.717, 1.165) is 44.9 Å². The Morgan fingerprint density at radius 2 is 0.538 bits per heavy atom. The first-order valence-electron chi connectivity index (χ1n) is 40.3. The van der Waals surface area contributed by atoms with Gasteiger partial charge in [-0.25, -0.2) is 0 Å². The van der Waals surface area contributed by atoms with Gasteiger partial charge in [0.2, 0.25) is 47.3 Å². The molecule has 119 heavy (non-hydrogen) atoms. The van der Waals surface area contributed by atoms with Crippen molar-refractivity contribution in [2.45, 2.75) is 197 Å². The zero-order valence-electron chi connectivity index (χ0n) is 75.7. The van der Waals surface area contributed by atoms with Crippen LogP contribution in [0.5, 0.6) is 0 Å². The molecule has 0 saturated heterocycles. The maximum atomic E-state index is 11.6. The molecule has 0 N–H and O–H groups in total. The standard InChI is InChI=1S/C15H27NO3.C13H23NO3.2C11H19NO3.2C10H17NO3.C9H15NO3.C8H13NO3/c1-5-8-9-13(6-2)12-19-15(18)10-11-16(4)14(17)7-3;1-4-6-7-8-11-17-13(16)9-10-14(3)12(15)5-2;1-5-10(13)12(4)7-6-11(14)15-8-9(2)3;1-4-6-9-15-11(14)7-8-12(3)10(13)5-2;1-5-9(12)11(4)7-6-10(13)14-8(2)3;1-4-8-14-10(13)6-7-11(3)9(12)5-2;1-4-8(11)10(3)7-6-9(12)13-5-2;1-4-7(10)9(2)6-5-8(11)12-3/h7,13H,3,5-6,8-12H2,1-2,4H3;5H,2,4,6-11H2,1,3H3;5,9H,1,6-8H2,2-4H3;5H,2,4,6-9H2,1,3H3;5,8H,1,6-7H2,2-4H3;5H,2,4,6-8H2,1,3H3;4H,1,5-7H2,2-3H3;4H,1,5-6H2,2-3H3. The normalized spacial score (nSPS) is 9.82. The number of esters is 8.